The number of benzene rings is 1. The zero-order valence-electron chi connectivity index (χ0n) is 15.5. The van der Waals surface area contributed by atoms with E-state index in [1.807, 2.05) is 19.9 Å². The van der Waals surface area contributed by atoms with Gasteiger partial charge in [-0.15, -0.1) is 0 Å². The molecule has 144 valence electrons. The molecule has 0 saturated carbocycles. The average Bonchev–Trinajstić information content (AvgIpc) is 2.64. The summed E-state index contributed by atoms with van der Waals surface area (Å²) >= 11 is 0. The number of fused-ring (bicyclic) bond motifs is 3. The van der Waals surface area contributed by atoms with Crippen LogP contribution in [0.2, 0.25) is 0 Å². The SMILES string of the molecule is CCCOc1c(OCC)cc(CC2C(O)C3CCN2CC3)cc1[N+](=O)[O-]. The predicted molar refractivity (Wildman–Crippen MR) is 97.8 cm³/mol. The number of nitro groups is 1. The van der Waals surface area contributed by atoms with Crippen molar-refractivity contribution in [3.8, 4) is 11.5 Å². The smallest absolute Gasteiger partial charge is 0.315 e. The van der Waals surface area contributed by atoms with Gasteiger partial charge < -0.3 is 14.6 Å². The van der Waals surface area contributed by atoms with Crippen molar-refractivity contribution in [3.05, 3.63) is 27.8 Å². The van der Waals surface area contributed by atoms with Crippen LogP contribution in [-0.4, -0.2) is 53.4 Å². The minimum atomic E-state index is -0.416. The minimum Gasteiger partial charge on any atom is -0.490 e. The van der Waals surface area contributed by atoms with Crippen molar-refractivity contribution in [1.82, 2.24) is 4.90 Å². The second-order valence-corrected chi connectivity index (χ2v) is 7.12. The van der Waals surface area contributed by atoms with Crippen molar-refractivity contribution in [2.24, 2.45) is 5.92 Å². The van der Waals surface area contributed by atoms with Crippen LogP contribution in [0, 0.1) is 16.0 Å². The van der Waals surface area contributed by atoms with Crippen molar-refractivity contribution in [2.75, 3.05) is 26.3 Å². The number of aliphatic hydroxyl groups excluding tert-OH is 1. The Labute approximate surface area is 154 Å². The lowest BCUT2D eigenvalue weighted by Gasteiger charge is -2.49. The van der Waals surface area contributed by atoms with Gasteiger partial charge in [-0.25, -0.2) is 0 Å². The number of nitro benzene ring substituents is 1. The molecule has 2 atom stereocenters. The number of ether oxygens (including phenoxy) is 2. The van der Waals surface area contributed by atoms with E-state index in [1.54, 1.807) is 6.07 Å². The maximum absolute atomic E-state index is 11.6. The van der Waals surface area contributed by atoms with Gasteiger partial charge in [0.1, 0.15) is 0 Å². The fraction of sp³-hybridized carbons (Fsp3) is 0.684. The van der Waals surface area contributed by atoms with Crippen LogP contribution in [0.4, 0.5) is 5.69 Å². The van der Waals surface area contributed by atoms with Gasteiger partial charge in [0.15, 0.2) is 5.75 Å². The molecule has 0 amide bonds. The normalized spacial score (nSPS) is 27.3. The Morgan fingerprint density at radius 3 is 2.58 bits per heavy atom. The van der Waals surface area contributed by atoms with Gasteiger partial charge in [0.25, 0.3) is 0 Å². The van der Waals surface area contributed by atoms with Crippen molar-refractivity contribution in [3.63, 3.8) is 0 Å². The molecule has 1 aromatic carbocycles. The fourth-order valence-corrected chi connectivity index (χ4v) is 4.12. The summed E-state index contributed by atoms with van der Waals surface area (Å²) in [6.07, 6.45) is 3.03. The Balaban J connectivity index is 1.90. The summed E-state index contributed by atoms with van der Waals surface area (Å²) in [5.74, 6) is 0.961. The number of nitrogens with zero attached hydrogens (tertiary/aromatic N) is 2. The summed E-state index contributed by atoms with van der Waals surface area (Å²) < 4.78 is 11.3. The first-order valence-electron chi connectivity index (χ1n) is 9.54. The summed E-state index contributed by atoms with van der Waals surface area (Å²) in [5, 5.41) is 22.2. The van der Waals surface area contributed by atoms with Gasteiger partial charge in [-0.05, 0) is 63.2 Å². The van der Waals surface area contributed by atoms with E-state index < -0.39 is 4.92 Å². The zero-order valence-corrected chi connectivity index (χ0v) is 15.5. The van der Waals surface area contributed by atoms with Gasteiger partial charge in [-0.2, -0.15) is 0 Å². The van der Waals surface area contributed by atoms with Gasteiger partial charge in [-0.3, -0.25) is 15.0 Å². The first kappa shape index (κ1) is 18.9. The summed E-state index contributed by atoms with van der Waals surface area (Å²) in [5.41, 5.74) is 0.741. The first-order valence-corrected chi connectivity index (χ1v) is 9.54. The summed E-state index contributed by atoms with van der Waals surface area (Å²) in [7, 11) is 0. The lowest BCUT2D eigenvalue weighted by molar-refractivity contribution is -0.386. The Morgan fingerprint density at radius 1 is 1.27 bits per heavy atom. The van der Waals surface area contributed by atoms with Crippen LogP contribution in [0.5, 0.6) is 11.5 Å². The molecular weight excluding hydrogens is 336 g/mol. The third kappa shape index (κ3) is 3.78. The highest BCUT2D eigenvalue weighted by atomic mass is 16.6. The van der Waals surface area contributed by atoms with Gasteiger partial charge >= 0.3 is 5.69 Å². The van der Waals surface area contributed by atoms with Crippen LogP contribution in [0.3, 0.4) is 0 Å². The van der Waals surface area contributed by atoms with Gasteiger partial charge in [0.2, 0.25) is 5.75 Å². The monoisotopic (exact) mass is 364 g/mol. The van der Waals surface area contributed by atoms with Crippen LogP contribution in [0.25, 0.3) is 0 Å². The second kappa shape index (κ2) is 8.22. The van der Waals surface area contributed by atoms with Crippen molar-refractivity contribution in [1.29, 1.82) is 0 Å². The molecule has 1 aromatic rings. The summed E-state index contributed by atoms with van der Waals surface area (Å²) in [4.78, 5) is 13.5. The molecule has 3 saturated heterocycles. The van der Waals surface area contributed by atoms with Crippen molar-refractivity contribution in [2.45, 2.75) is 51.7 Å². The largest absolute Gasteiger partial charge is 0.490 e. The van der Waals surface area contributed by atoms with E-state index in [9.17, 15) is 15.2 Å². The van der Waals surface area contributed by atoms with Crippen LogP contribution in [0.1, 0.15) is 38.7 Å². The second-order valence-electron chi connectivity index (χ2n) is 7.12. The molecule has 3 fully saturated rings. The lowest BCUT2D eigenvalue weighted by Crippen LogP contribution is -2.58. The molecule has 26 heavy (non-hydrogen) atoms. The van der Waals surface area contributed by atoms with Gasteiger partial charge in [-0.1, -0.05) is 6.92 Å². The molecule has 7 nitrogen and oxygen atoms in total. The molecule has 2 bridgehead atoms. The molecule has 3 aliphatic heterocycles. The molecule has 2 unspecified atom stereocenters. The van der Waals surface area contributed by atoms with Crippen LogP contribution in [-0.2, 0) is 6.42 Å². The van der Waals surface area contributed by atoms with E-state index in [4.69, 9.17) is 9.47 Å². The van der Waals surface area contributed by atoms with Gasteiger partial charge in [0.05, 0.1) is 24.2 Å². The van der Waals surface area contributed by atoms with Crippen molar-refractivity contribution >= 4 is 5.69 Å². The molecule has 0 aliphatic carbocycles. The number of aliphatic hydroxyl groups is 1. The summed E-state index contributed by atoms with van der Waals surface area (Å²) in [6, 6.07) is 3.42. The Bertz CT molecular complexity index is 641. The fourth-order valence-electron chi connectivity index (χ4n) is 4.12. The highest BCUT2D eigenvalue weighted by Crippen LogP contribution is 2.40. The lowest BCUT2D eigenvalue weighted by atomic mass is 9.78. The molecule has 0 radical (unpaired) electrons. The third-order valence-corrected chi connectivity index (χ3v) is 5.41. The Morgan fingerprint density at radius 2 is 2.00 bits per heavy atom. The maximum Gasteiger partial charge on any atom is 0.315 e. The molecular formula is C19H28N2O5. The Kier molecular flexibility index (Phi) is 5.98. The number of hydrogen-bond acceptors (Lipinski definition) is 6. The van der Waals surface area contributed by atoms with E-state index in [-0.39, 0.29) is 23.6 Å². The molecule has 7 heteroatoms. The summed E-state index contributed by atoms with van der Waals surface area (Å²) in [6.45, 7) is 6.58. The standard InChI is InChI=1S/C19H28N2O5/c1-3-9-26-19-16(21(23)24)11-13(12-17(19)25-4-2)10-15-18(22)14-5-7-20(15)8-6-14/h11-12,14-15,18,22H,3-10H2,1-2H3. The first-order chi connectivity index (χ1) is 12.5. The number of piperidine rings is 3. The molecule has 0 aromatic heterocycles. The topological polar surface area (TPSA) is 85.1 Å². The molecule has 3 heterocycles. The van der Waals surface area contributed by atoms with Gasteiger partial charge in [0, 0.05) is 12.1 Å². The van der Waals surface area contributed by atoms with E-state index in [1.165, 1.54) is 0 Å². The quantitative estimate of drug-likeness (QED) is 0.564. The molecule has 1 N–H and O–H groups in total. The van der Waals surface area contributed by atoms with Crippen LogP contribution >= 0.6 is 0 Å². The highest BCUT2D eigenvalue weighted by molar-refractivity contribution is 5.58. The predicted octanol–water partition coefficient (Wildman–Crippen LogP) is 2.78. The minimum absolute atomic E-state index is 0.0130. The van der Waals surface area contributed by atoms with E-state index in [2.05, 4.69) is 4.90 Å². The van der Waals surface area contributed by atoms with E-state index in [0.717, 1.165) is 37.9 Å². The van der Waals surface area contributed by atoms with Crippen LogP contribution < -0.4 is 9.47 Å². The highest BCUT2D eigenvalue weighted by Gasteiger charge is 2.41. The molecule has 3 aliphatic rings. The third-order valence-electron chi connectivity index (χ3n) is 5.41. The number of hydrogen-bond donors (Lipinski definition) is 1. The van der Waals surface area contributed by atoms with Crippen LogP contribution in [0.15, 0.2) is 12.1 Å². The molecule has 0 spiro atoms. The zero-order chi connectivity index (χ0) is 18.7. The van der Waals surface area contributed by atoms with Crippen molar-refractivity contribution < 1.29 is 19.5 Å². The average molecular weight is 364 g/mol. The maximum atomic E-state index is 11.6. The van der Waals surface area contributed by atoms with E-state index >= 15 is 0 Å². The Hall–Kier alpha value is -1.86. The molecule has 4 rings (SSSR count). The van der Waals surface area contributed by atoms with E-state index in [0.29, 0.717) is 31.3 Å². The number of rotatable bonds is 8.